The number of benzene rings is 1. The highest BCUT2D eigenvalue weighted by atomic mass is 16.3. The number of hydrogen-bond acceptors (Lipinski definition) is 4. The van der Waals surface area contributed by atoms with Crippen molar-refractivity contribution in [3.63, 3.8) is 0 Å². The lowest BCUT2D eigenvalue weighted by atomic mass is 9.78. The number of ketones is 3. The van der Waals surface area contributed by atoms with E-state index in [0.29, 0.717) is 12.8 Å². The summed E-state index contributed by atoms with van der Waals surface area (Å²) in [6.07, 6.45) is 3.16. The molecule has 104 valence electrons. The summed E-state index contributed by atoms with van der Waals surface area (Å²) >= 11 is 0. The molecular formula is C16H16O4. The molecular weight excluding hydrogens is 256 g/mol. The Morgan fingerprint density at radius 3 is 2.15 bits per heavy atom. The van der Waals surface area contributed by atoms with Crippen LogP contribution >= 0.6 is 0 Å². The molecule has 4 nitrogen and oxygen atoms in total. The van der Waals surface area contributed by atoms with Gasteiger partial charge in [-0.25, -0.2) is 0 Å². The van der Waals surface area contributed by atoms with Gasteiger partial charge in [-0.3, -0.25) is 14.4 Å². The van der Waals surface area contributed by atoms with Crippen molar-refractivity contribution in [3.05, 3.63) is 35.4 Å². The first-order valence-electron chi connectivity index (χ1n) is 7.00. The average molecular weight is 272 g/mol. The Morgan fingerprint density at radius 1 is 0.950 bits per heavy atom. The molecule has 1 atom stereocenters. The third-order valence-electron chi connectivity index (χ3n) is 4.42. The van der Waals surface area contributed by atoms with Crippen molar-refractivity contribution < 1.29 is 19.5 Å². The minimum atomic E-state index is -2.18. The largest absolute Gasteiger partial charge is 0.373 e. The molecule has 3 rings (SSSR count). The van der Waals surface area contributed by atoms with Crippen LogP contribution in [-0.4, -0.2) is 28.1 Å². The molecule has 1 saturated carbocycles. The Balaban J connectivity index is 2.07. The van der Waals surface area contributed by atoms with Gasteiger partial charge in [0.2, 0.25) is 11.6 Å². The summed E-state index contributed by atoms with van der Waals surface area (Å²) in [5.41, 5.74) is -1.71. The third kappa shape index (κ3) is 1.68. The number of Topliss-reactive ketones (excluding diaryl/α,β-unsaturated/α-hetero) is 3. The van der Waals surface area contributed by atoms with Crippen molar-refractivity contribution >= 4 is 17.3 Å². The zero-order valence-electron chi connectivity index (χ0n) is 11.1. The summed E-state index contributed by atoms with van der Waals surface area (Å²) in [7, 11) is 0. The fourth-order valence-electron chi connectivity index (χ4n) is 3.31. The molecule has 0 unspecified atom stereocenters. The van der Waals surface area contributed by atoms with E-state index in [1.165, 1.54) is 12.1 Å². The molecule has 2 aliphatic carbocycles. The van der Waals surface area contributed by atoms with Crippen LogP contribution in [0.25, 0.3) is 0 Å². The van der Waals surface area contributed by atoms with Crippen molar-refractivity contribution in [2.45, 2.75) is 37.7 Å². The van der Waals surface area contributed by atoms with Gasteiger partial charge in [-0.05, 0) is 12.8 Å². The minimum Gasteiger partial charge on any atom is -0.373 e. The first kappa shape index (κ1) is 13.2. The van der Waals surface area contributed by atoms with Crippen molar-refractivity contribution in [2.24, 2.45) is 5.92 Å². The van der Waals surface area contributed by atoms with Crippen LogP contribution < -0.4 is 0 Å². The first-order valence-corrected chi connectivity index (χ1v) is 7.00. The van der Waals surface area contributed by atoms with Gasteiger partial charge in [0.25, 0.3) is 0 Å². The smallest absolute Gasteiger partial charge is 0.203 e. The highest BCUT2D eigenvalue weighted by molar-refractivity contribution is 6.33. The molecule has 0 amide bonds. The molecule has 2 aliphatic rings. The minimum absolute atomic E-state index is 0.167. The van der Waals surface area contributed by atoms with Crippen LogP contribution in [-0.2, 0) is 4.79 Å². The maximum Gasteiger partial charge on any atom is 0.203 e. The lowest BCUT2D eigenvalue weighted by Crippen LogP contribution is -2.51. The van der Waals surface area contributed by atoms with Crippen molar-refractivity contribution in [3.8, 4) is 0 Å². The molecule has 0 aromatic heterocycles. The van der Waals surface area contributed by atoms with Crippen LogP contribution in [0.5, 0.6) is 0 Å². The Kier molecular flexibility index (Phi) is 3.05. The van der Waals surface area contributed by atoms with Gasteiger partial charge in [0, 0.05) is 17.5 Å². The van der Waals surface area contributed by atoms with E-state index in [2.05, 4.69) is 0 Å². The number of fused-ring (bicyclic) bond motifs is 1. The summed E-state index contributed by atoms with van der Waals surface area (Å²) in [5.74, 6) is -2.28. The van der Waals surface area contributed by atoms with Crippen LogP contribution in [0.4, 0.5) is 0 Å². The van der Waals surface area contributed by atoms with E-state index in [9.17, 15) is 19.5 Å². The SMILES string of the molecule is O=C1CCCCC[C@@H]1C1(O)C(=O)c2ccccc2C1=O. The zero-order valence-corrected chi connectivity index (χ0v) is 11.1. The molecule has 0 heterocycles. The van der Waals surface area contributed by atoms with E-state index in [0.717, 1.165) is 19.3 Å². The topological polar surface area (TPSA) is 71.4 Å². The number of hydrogen-bond donors (Lipinski definition) is 1. The lowest BCUT2D eigenvalue weighted by molar-refractivity contribution is -0.127. The molecule has 0 bridgehead atoms. The lowest BCUT2D eigenvalue weighted by Gasteiger charge is -2.27. The molecule has 0 spiro atoms. The van der Waals surface area contributed by atoms with Crippen LogP contribution in [0.15, 0.2) is 24.3 Å². The van der Waals surface area contributed by atoms with E-state index in [1.54, 1.807) is 12.1 Å². The summed E-state index contributed by atoms with van der Waals surface area (Å²) < 4.78 is 0. The van der Waals surface area contributed by atoms with Gasteiger partial charge in [0.15, 0.2) is 5.60 Å². The molecule has 1 fully saturated rings. The van der Waals surface area contributed by atoms with Gasteiger partial charge >= 0.3 is 0 Å². The molecule has 0 radical (unpaired) electrons. The van der Waals surface area contributed by atoms with Crippen LogP contribution in [0.3, 0.4) is 0 Å². The Hall–Kier alpha value is -1.81. The normalized spacial score (nSPS) is 25.4. The number of rotatable bonds is 1. The maximum absolute atomic E-state index is 12.5. The van der Waals surface area contributed by atoms with Crippen LogP contribution in [0.2, 0.25) is 0 Å². The van der Waals surface area contributed by atoms with Crippen molar-refractivity contribution in [1.29, 1.82) is 0 Å². The second-order valence-corrected chi connectivity index (χ2v) is 5.59. The highest BCUT2D eigenvalue weighted by Crippen LogP contribution is 2.39. The maximum atomic E-state index is 12.5. The zero-order chi connectivity index (χ0) is 14.3. The van der Waals surface area contributed by atoms with Gasteiger partial charge in [-0.1, -0.05) is 37.1 Å². The second kappa shape index (κ2) is 4.63. The van der Waals surface area contributed by atoms with Crippen LogP contribution in [0.1, 0.15) is 52.8 Å². The van der Waals surface area contributed by atoms with Crippen LogP contribution in [0, 0.1) is 5.92 Å². The fourth-order valence-corrected chi connectivity index (χ4v) is 3.31. The summed E-state index contributed by atoms with van der Waals surface area (Å²) in [4.78, 5) is 37.1. The predicted molar refractivity (Wildman–Crippen MR) is 71.6 cm³/mol. The first-order chi connectivity index (χ1) is 9.56. The van der Waals surface area contributed by atoms with Gasteiger partial charge in [-0.15, -0.1) is 0 Å². The Bertz CT molecular complexity index is 567. The van der Waals surface area contributed by atoms with Gasteiger partial charge < -0.3 is 5.11 Å². The molecule has 1 N–H and O–H groups in total. The summed E-state index contributed by atoms with van der Waals surface area (Å²) in [5, 5.41) is 10.7. The van der Waals surface area contributed by atoms with Crippen molar-refractivity contribution in [2.75, 3.05) is 0 Å². The van der Waals surface area contributed by atoms with E-state index >= 15 is 0 Å². The number of aliphatic hydroxyl groups is 1. The summed E-state index contributed by atoms with van der Waals surface area (Å²) in [6.45, 7) is 0. The number of carbonyl (C=O) groups excluding carboxylic acids is 3. The summed E-state index contributed by atoms with van der Waals surface area (Å²) in [6, 6.07) is 6.39. The van der Waals surface area contributed by atoms with E-state index in [-0.39, 0.29) is 16.9 Å². The standard InChI is InChI=1S/C16H16O4/c17-13-9-3-1-2-8-12(13)16(20)14(18)10-6-4-5-7-11(10)15(16)19/h4-7,12,20H,1-3,8-9H2/t12-/m0/s1. The quantitative estimate of drug-likeness (QED) is 0.626. The van der Waals surface area contributed by atoms with E-state index < -0.39 is 23.1 Å². The average Bonchev–Trinajstić information content (AvgIpc) is 2.64. The molecule has 1 aromatic rings. The molecule has 0 saturated heterocycles. The van der Waals surface area contributed by atoms with Gasteiger partial charge in [0.05, 0.1) is 5.92 Å². The Labute approximate surface area is 116 Å². The highest BCUT2D eigenvalue weighted by Gasteiger charge is 2.58. The Morgan fingerprint density at radius 2 is 1.55 bits per heavy atom. The molecule has 20 heavy (non-hydrogen) atoms. The number of carbonyl (C=O) groups is 3. The molecule has 1 aromatic carbocycles. The second-order valence-electron chi connectivity index (χ2n) is 5.59. The monoisotopic (exact) mass is 272 g/mol. The van der Waals surface area contributed by atoms with Gasteiger partial charge in [-0.2, -0.15) is 0 Å². The third-order valence-corrected chi connectivity index (χ3v) is 4.42. The van der Waals surface area contributed by atoms with Crippen molar-refractivity contribution in [1.82, 2.24) is 0 Å². The fraction of sp³-hybridized carbons (Fsp3) is 0.438. The molecule has 0 aliphatic heterocycles. The van der Waals surface area contributed by atoms with Gasteiger partial charge in [0.1, 0.15) is 5.78 Å². The van der Waals surface area contributed by atoms with E-state index in [1.807, 2.05) is 0 Å². The van der Waals surface area contributed by atoms with E-state index in [4.69, 9.17) is 0 Å². The predicted octanol–water partition coefficient (Wildman–Crippen LogP) is 1.95. The molecule has 4 heteroatoms.